The number of pyridine rings is 1. The summed E-state index contributed by atoms with van der Waals surface area (Å²) in [4.78, 5) is 7.05. The number of hydrogen-bond donors (Lipinski definition) is 0. The lowest BCUT2D eigenvalue weighted by atomic mass is 10.00. The number of fused-ring (bicyclic) bond motifs is 2. The molecule has 2 aromatic heterocycles. The number of rotatable bonds is 3. The van der Waals surface area contributed by atoms with Gasteiger partial charge in [0.05, 0.1) is 12.1 Å². The first kappa shape index (κ1) is 19.1. The molecule has 0 radical (unpaired) electrons. The van der Waals surface area contributed by atoms with Crippen molar-refractivity contribution in [1.29, 1.82) is 0 Å². The van der Waals surface area contributed by atoms with E-state index >= 15 is 0 Å². The number of aryl methyl sites for hydroxylation is 1. The highest BCUT2D eigenvalue weighted by Crippen LogP contribution is 2.36. The lowest BCUT2D eigenvalue weighted by Gasteiger charge is -2.30. The Balaban J connectivity index is 1.67. The maximum Gasteiger partial charge on any atom is 0.155 e. The molecule has 5 rings (SSSR count). The molecule has 0 N–H and O–H groups in total. The topological polar surface area (TPSA) is 21.1 Å². The van der Waals surface area contributed by atoms with Crippen LogP contribution >= 0.6 is 11.6 Å². The van der Waals surface area contributed by atoms with Crippen LogP contribution in [-0.2, 0) is 19.5 Å². The Bertz CT molecular complexity index is 1260. The fraction of sp³-hybridized carbons (Fsp3) is 0.240. The molecule has 0 saturated heterocycles. The van der Waals surface area contributed by atoms with Crippen LogP contribution in [0.2, 0.25) is 5.15 Å². The summed E-state index contributed by atoms with van der Waals surface area (Å²) >= 11 is 6.46. The van der Waals surface area contributed by atoms with E-state index in [1.807, 2.05) is 18.2 Å². The third-order valence-corrected chi connectivity index (χ3v) is 6.47. The normalized spacial score (nSPS) is 13.7. The minimum atomic E-state index is -0.188. The van der Waals surface area contributed by atoms with E-state index in [0.29, 0.717) is 17.3 Å². The van der Waals surface area contributed by atoms with Gasteiger partial charge in [-0.15, -0.1) is 0 Å². The molecule has 152 valence electrons. The molecule has 2 aromatic carbocycles. The predicted octanol–water partition coefficient (Wildman–Crippen LogP) is 6.06. The predicted molar refractivity (Wildman–Crippen MR) is 121 cm³/mol. The Morgan fingerprint density at radius 3 is 2.57 bits per heavy atom. The van der Waals surface area contributed by atoms with Gasteiger partial charge in [0, 0.05) is 29.7 Å². The first-order valence-corrected chi connectivity index (χ1v) is 10.6. The van der Waals surface area contributed by atoms with Gasteiger partial charge in [0.1, 0.15) is 11.0 Å². The van der Waals surface area contributed by atoms with Gasteiger partial charge in [-0.3, -0.25) is 0 Å². The fourth-order valence-corrected chi connectivity index (χ4v) is 4.69. The summed E-state index contributed by atoms with van der Waals surface area (Å²) in [6, 6.07) is 17.4. The van der Waals surface area contributed by atoms with E-state index in [2.05, 4.69) is 47.6 Å². The van der Waals surface area contributed by atoms with E-state index in [1.165, 1.54) is 17.2 Å². The molecule has 3 heterocycles. The van der Waals surface area contributed by atoms with E-state index in [4.69, 9.17) is 16.6 Å². The maximum atomic E-state index is 14.4. The van der Waals surface area contributed by atoms with Crippen molar-refractivity contribution in [2.75, 3.05) is 11.4 Å². The largest absolute Gasteiger partial charge is 0.350 e. The van der Waals surface area contributed by atoms with Crippen LogP contribution in [0.25, 0.3) is 10.9 Å². The van der Waals surface area contributed by atoms with E-state index in [1.54, 1.807) is 6.07 Å². The Hall–Kier alpha value is -2.85. The van der Waals surface area contributed by atoms with E-state index in [-0.39, 0.29) is 5.82 Å². The summed E-state index contributed by atoms with van der Waals surface area (Å²) in [5.74, 6) is 0.686. The number of anilines is 1. The number of aromatic nitrogens is 2. The Labute approximate surface area is 180 Å². The molecule has 5 heteroatoms. The Kier molecular flexibility index (Phi) is 4.75. The molecule has 0 spiro atoms. The van der Waals surface area contributed by atoms with Gasteiger partial charge in [0.15, 0.2) is 5.82 Å². The Morgan fingerprint density at radius 1 is 1.03 bits per heavy atom. The zero-order valence-electron chi connectivity index (χ0n) is 17.1. The monoisotopic (exact) mass is 419 g/mol. The summed E-state index contributed by atoms with van der Waals surface area (Å²) in [6.45, 7) is 6.31. The third-order valence-electron chi connectivity index (χ3n) is 6.28. The number of benzene rings is 2. The van der Waals surface area contributed by atoms with E-state index < -0.39 is 0 Å². The highest BCUT2D eigenvalue weighted by molar-refractivity contribution is 6.30. The van der Waals surface area contributed by atoms with Crippen LogP contribution < -0.4 is 4.90 Å². The van der Waals surface area contributed by atoms with Crippen LogP contribution in [0, 0.1) is 19.7 Å². The van der Waals surface area contributed by atoms with Crippen molar-refractivity contribution in [3.05, 3.63) is 93.5 Å². The van der Waals surface area contributed by atoms with E-state index in [0.717, 1.165) is 47.5 Å². The zero-order chi connectivity index (χ0) is 20.8. The first-order chi connectivity index (χ1) is 14.5. The quantitative estimate of drug-likeness (QED) is 0.376. The van der Waals surface area contributed by atoms with Crippen molar-refractivity contribution in [3.63, 3.8) is 0 Å². The average Bonchev–Trinajstić information content (AvgIpc) is 2.99. The van der Waals surface area contributed by atoms with Crippen molar-refractivity contribution in [3.8, 4) is 0 Å². The number of hydrogen-bond acceptors (Lipinski definition) is 2. The average molecular weight is 420 g/mol. The molecule has 3 nitrogen and oxygen atoms in total. The molecule has 0 bridgehead atoms. The molecule has 0 fully saturated rings. The summed E-state index contributed by atoms with van der Waals surface area (Å²) < 4.78 is 16.6. The molecule has 0 aliphatic carbocycles. The minimum Gasteiger partial charge on any atom is -0.350 e. The van der Waals surface area contributed by atoms with Gasteiger partial charge in [0.2, 0.25) is 0 Å². The van der Waals surface area contributed by atoms with Crippen LogP contribution in [0.5, 0.6) is 0 Å². The molecular weight excluding hydrogens is 397 g/mol. The SMILES string of the molecule is Cc1c(C)n(Cc2ccccc2F)c2c(N3CCc4ccccc4C3)nc(Cl)cc12. The molecule has 0 saturated carbocycles. The van der Waals surface area contributed by atoms with Crippen LogP contribution in [0.3, 0.4) is 0 Å². The van der Waals surface area contributed by atoms with Crippen LogP contribution in [0.15, 0.2) is 54.6 Å². The lowest BCUT2D eigenvalue weighted by Crippen LogP contribution is -2.31. The second-order valence-corrected chi connectivity index (χ2v) is 8.38. The summed E-state index contributed by atoms with van der Waals surface area (Å²) in [5, 5.41) is 1.57. The van der Waals surface area contributed by atoms with Gasteiger partial charge in [-0.25, -0.2) is 9.37 Å². The second kappa shape index (κ2) is 7.44. The van der Waals surface area contributed by atoms with Gasteiger partial charge < -0.3 is 9.47 Å². The van der Waals surface area contributed by atoms with Crippen LogP contribution in [-0.4, -0.2) is 16.1 Å². The molecule has 1 aliphatic rings. The van der Waals surface area contributed by atoms with Gasteiger partial charge in [-0.1, -0.05) is 54.1 Å². The van der Waals surface area contributed by atoms with E-state index in [9.17, 15) is 4.39 Å². The maximum absolute atomic E-state index is 14.4. The molecule has 0 unspecified atom stereocenters. The van der Waals surface area contributed by atoms with Gasteiger partial charge in [0.25, 0.3) is 0 Å². The minimum absolute atomic E-state index is 0.188. The third kappa shape index (κ3) is 3.16. The highest BCUT2D eigenvalue weighted by atomic mass is 35.5. The molecule has 0 amide bonds. The molecular formula is C25H23ClFN3. The van der Waals surface area contributed by atoms with Crippen molar-refractivity contribution in [2.45, 2.75) is 33.4 Å². The molecule has 0 atom stereocenters. The van der Waals surface area contributed by atoms with Crippen molar-refractivity contribution >= 4 is 28.3 Å². The van der Waals surface area contributed by atoms with Crippen molar-refractivity contribution in [1.82, 2.24) is 9.55 Å². The Morgan fingerprint density at radius 2 is 1.77 bits per heavy atom. The number of nitrogens with zero attached hydrogens (tertiary/aromatic N) is 3. The summed E-state index contributed by atoms with van der Waals surface area (Å²) in [7, 11) is 0. The van der Waals surface area contributed by atoms with Crippen LogP contribution in [0.4, 0.5) is 10.2 Å². The first-order valence-electron chi connectivity index (χ1n) is 10.2. The molecule has 1 aliphatic heterocycles. The molecule has 4 aromatic rings. The highest BCUT2D eigenvalue weighted by Gasteiger charge is 2.24. The zero-order valence-corrected chi connectivity index (χ0v) is 17.9. The standard InChI is InChI=1S/C25H23ClFN3/c1-16-17(2)30(15-20-9-5-6-10-22(20)27)24-21(16)13-23(26)28-25(24)29-12-11-18-7-3-4-8-19(18)14-29/h3-10,13H,11-12,14-15H2,1-2H3. The van der Waals surface area contributed by atoms with Gasteiger partial charge in [-0.05, 0) is 49.1 Å². The summed E-state index contributed by atoms with van der Waals surface area (Å²) in [5.41, 5.74) is 6.67. The van der Waals surface area contributed by atoms with Crippen LogP contribution in [0.1, 0.15) is 27.9 Å². The summed E-state index contributed by atoms with van der Waals surface area (Å²) in [6.07, 6.45) is 0.970. The fourth-order valence-electron chi connectivity index (χ4n) is 4.50. The number of halogens is 2. The van der Waals surface area contributed by atoms with Gasteiger partial charge in [-0.2, -0.15) is 0 Å². The molecule has 30 heavy (non-hydrogen) atoms. The lowest BCUT2D eigenvalue weighted by molar-refractivity contribution is 0.600. The second-order valence-electron chi connectivity index (χ2n) is 7.99. The van der Waals surface area contributed by atoms with Crippen molar-refractivity contribution in [2.24, 2.45) is 0 Å². The van der Waals surface area contributed by atoms with Crippen molar-refractivity contribution < 1.29 is 4.39 Å². The smallest absolute Gasteiger partial charge is 0.155 e. The van der Waals surface area contributed by atoms with Gasteiger partial charge >= 0.3 is 0 Å².